The Bertz CT molecular complexity index is 804. The molecule has 0 aromatic heterocycles. The largest absolute Gasteiger partial charge is 0.285 e. The minimum atomic E-state index is 0.914. The minimum Gasteiger partial charge on any atom is -0.285 e. The van der Waals surface area contributed by atoms with Crippen LogP contribution in [0.2, 0.25) is 0 Å². The van der Waals surface area contributed by atoms with Crippen LogP contribution in [0.1, 0.15) is 5.56 Å². The third-order valence-corrected chi connectivity index (χ3v) is 3.33. The number of rotatable bonds is 0. The van der Waals surface area contributed by atoms with Crippen LogP contribution in [0.5, 0.6) is 0 Å². The van der Waals surface area contributed by atoms with E-state index in [0.29, 0.717) is 0 Å². The molecule has 0 N–H and O–H groups in total. The van der Waals surface area contributed by atoms with E-state index in [1.807, 2.05) is 6.07 Å². The Kier molecular flexibility index (Phi) is 1.43. The van der Waals surface area contributed by atoms with E-state index in [4.69, 9.17) is 4.99 Å². The normalized spacial score (nSPS) is 14.8. The molecule has 2 aromatic carbocycles. The van der Waals surface area contributed by atoms with E-state index in [1.54, 1.807) is 0 Å². The summed E-state index contributed by atoms with van der Waals surface area (Å²) >= 11 is 0. The van der Waals surface area contributed by atoms with Gasteiger partial charge in [0.1, 0.15) is 0 Å². The maximum atomic E-state index is 4.73. The molecule has 0 unspecified atom stereocenters. The Labute approximate surface area is 92.3 Å². The number of nitrogens with zero attached hydrogens (tertiary/aromatic N) is 2. The molecule has 0 fully saturated rings. The average molecular weight is 206 g/mol. The van der Waals surface area contributed by atoms with E-state index >= 15 is 0 Å². The van der Waals surface area contributed by atoms with Crippen LogP contribution in [-0.2, 0) is 6.42 Å². The van der Waals surface area contributed by atoms with Gasteiger partial charge in [0.25, 0.3) is 0 Å². The summed E-state index contributed by atoms with van der Waals surface area (Å²) in [6, 6.07) is 12.6. The van der Waals surface area contributed by atoms with Crippen molar-refractivity contribution < 1.29 is 0 Å². The summed E-state index contributed by atoms with van der Waals surface area (Å²) in [6.07, 6.45) is 1.04. The Hall–Kier alpha value is -1.96. The maximum Gasteiger partial charge on any atom is 0.0770 e. The number of hydrogen-bond acceptors (Lipinski definition) is 2. The second-order valence-corrected chi connectivity index (χ2v) is 4.22. The van der Waals surface area contributed by atoms with Crippen LogP contribution in [0.3, 0.4) is 0 Å². The van der Waals surface area contributed by atoms with Crippen molar-refractivity contribution in [2.75, 3.05) is 6.54 Å². The fraction of sp³-hybridized carbons (Fsp3) is 0.143. The third-order valence-electron chi connectivity index (χ3n) is 3.33. The summed E-state index contributed by atoms with van der Waals surface area (Å²) in [6.45, 7) is 0.914. The van der Waals surface area contributed by atoms with E-state index in [1.165, 1.54) is 16.0 Å². The first-order valence-electron chi connectivity index (χ1n) is 5.58. The van der Waals surface area contributed by atoms with Gasteiger partial charge in [0.05, 0.1) is 16.4 Å². The lowest BCUT2D eigenvalue weighted by Crippen LogP contribution is -2.02. The first kappa shape index (κ1) is 8.22. The lowest BCUT2D eigenvalue weighted by atomic mass is 10.1. The molecule has 2 heteroatoms. The minimum absolute atomic E-state index is 0.914. The van der Waals surface area contributed by atoms with Crippen molar-refractivity contribution in [1.82, 2.24) is 0 Å². The molecule has 0 amide bonds. The van der Waals surface area contributed by atoms with Gasteiger partial charge < -0.3 is 0 Å². The predicted molar refractivity (Wildman–Crippen MR) is 61.1 cm³/mol. The Morgan fingerprint density at radius 2 is 1.81 bits per heavy atom. The highest BCUT2D eigenvalue weighted by atomic mass is 14.8. The van der Waals surface area contributed by atoms with E-state index < -0.39 is 0 Å². The number of para-hydroxylation sites is 1. The van der Waals surface area contributed by atoms with E-state index in [-0.39, 0.29) is 0 Å². The van der Waals surface area contributed by atoms with Crippen LogP contribution in [0.15, 0.2) is 46.4 Å². The van der Waals surface area contributed by atoms with Crippen LogP contribution in [0.4, 0.5) is 5.69 Å². The van der Waals surface area contributed by atoms with Crippen molar-refractivity contribution in [3.05, 3.63) is 63.1 Å². The molecular formula is C14H10N2. The van der Waals surface area contributed by atoms with Gasteiger partial charge in [-0.2, -0.15) is 0 Å². The third kappa shape index (κ3) is 0.915. The summed E-state index contributed by atoms with van der Waals surface area (Å²) in [5, 5.41) is 4.76. The van der Waals surface area contributed by atoms with E-state index in [9.17, 15) is 0 Å². The maximum absolute atomic E-state index is 4.73. The molecule has 2 heterocycles. The molecule has 2 aliphatic rings. The number of benzene rings is 2. The second kappa shape index (κ2) is 2.79. The zero-order valence-corrected chi connectivity index (χ0v) is 8.77. The van der Waals surface area contributed by atoms with Gasteiger partial charge in [0, 0.05) is 22.5 Å². The molecule has 16 heavy (non-hydrogen) atoms. The van der Waals surface area contributed by atoms with Gasteiger partial charge in [0.2, 0.25) is 0 Å². The predicted octanol–water partition coefficient (Wildman–Crippen LogP) is 1.41. The molecule has 0 bridgehead atoms. The van der Waals surface area contributed by atoms with Crippen LogP contribution in [0, 0.1) is 10.4 Å². The quantitative estimate of drug-likeness (QED) is 0.531. The van der Waals surface area contributed by atoms with Crippen molar-refractivity contribution in [3.63, 3.8) is 0 Å². The Morgan fingerprint density at radius 3 is 2.81 bits per heavy atom. The van der Waals surface area contributed by atoms with Crippen LogP contribution < -0.4 is 10.7 Å². The molecule has 0 spiro atoms. The Balaban J connectivity index is 2.31. The van der Waals surface area contributed by atoms with Crippen molar-refractivity contribution in [1.29, 1.82) is 0 Å². The van der Waals surface area contributed by atoms with Crippen molar-refractivity contribution in [2.24, 2.45) is 9.98 Å². The van der Waals surface area contributed by atoms with Gasteiger partial charge in [-0.05, 0) is 24.6 Å². The monoisotopic (exact) mass is 206 g/mol. The topological polar surface area (TPSA) is 24.7 Å². The standard InChI is InChI=1S/C14H10N2/c1-2-4-13-9(3-1)10-5-6-12-11(7-8-15-12)14(10)16-13/h1-6H,7-8H2. The summed E-state index contributed by atoms with van der Waals surface area (Å²) in [5.41, 5.74) is 2.48. The molecule has 0 aliphatic carbocycles. The molecule has 0 radical (unpaired) electrons. The van der Waals surface area contributed by atoms with Crippen LogP contribution in [0.25, 0.3) is 0 Å². The summed E-state index contributed by atoms with van der Waals surface area (Å²) < 4.78 is 0. The molecule has 2 aromatic rings. The number of fused-ring (bicyclic) bond motifs is 4. The molecule has 0 saturated carbocycles. The van der Waals surface area contributed by atoms with E-state index in [2.05, 4.69) is 35.3 Å². The molecule has 2 aliphatic heterocycles. The highest BCUT2D eigenvalue weighted by Gasteiger charge is 2.13. The number of hydrogen-bond donors (Lipinski definition) is 0. The van der Waals surface area contributed by atoms with Crippen LogP contribution in [-0.4, -0.2) is 6.54 Å². The first-order valence-corrected chi connectivity index (χ1v) is 5.58. The highest BCUT2D eigenvalue weighted by Crippen LogP contribution is 2.22. The van der Waals surface area contributed by atoms with Crippen molar-refractivity contribution in [3.8, 4) is 0 Å². The average Bonchev–Trinajstić information content (AvgIpc) is 2.92. The fourth-order valence-corrected chi connectivity index (χ4v) is 2.57. The molecular weight excluding hydrogens is 196 g/mol. The molecule has 76 valence electrons. The van der Waals surface area contributed by atoms with Gasteiger partial charge in [-0.25, -0.2) is 4.99 Å². The van der Waals surface area contributed by atoms with Gasteiger partial charge in [-0.3, -0.25) is 4.99 Å². The lowest BCUT2D eigenvalue weighted by molar-refractivity contribution is 1.02. The molecule has 0 saturated heterocycles. The zero-order chi connectivity index (χ0) is 10.5. The van der Waals surface area contributed by atoms with Crippen LogP contribution >= 0.6 is 0 Å². The smallest absolute Gasteiger partial charge is 0.0770 e. The van der Waals surface area contributed by atoms with Crippen molar-refractivity contribution >= 4 is 5.69 Å². The fourth-order valence-electron chi connectivity index (χ4n) is 2.57. The molecule has 0 atom stereocenters. The summed E-state index contributed by atoms with van der Waals surface area (Å²) in [7, 11) is 0. The summed E-state index contributed by atoms with van der Waals surface area (Å²) in [5.74, 6) is 0. The summed E-state index contributed by atoms with van der Waals surface area (Å²) in [4.78, 5) is 9.21. The van der Waals surface area contributed by atoms with E-state index in [0.717, 1.165) is 29.4 Å². The highest BCUT2D eigenvalue weighted by molar-refractivity contribution is 5.51. The molecule has 4 rings (SSSR count). The van der Waals surface area contributed by atoms with Gasteiger partial charge in [-0.15, -0.1) is 0 Å². The SMILES string of the molecule is c1ccc2c(c1)=Nc1c3c(ccc1=2)=NCC3. The zero-order valence-electron chi connectivity index (χ0n) is 8.77. The van der Waals surface area contributed by atoms with Gasteiger partial charge in [-0.1, -0.05) is 18.2 Å². The van der Waals surface area contributed by atoms with Gasteiger partial charge >= 0.3 is 0 Å². The lowest BCUT2D eigenvalue weighted by Gasteiger charge is -1.97. The van der Waals surface area contributed by atoms with Crippen molar-refractivity contribution in [2.45, 2.75) is 6.42 Å². The van der Waals surface area contributed by atoms with Gasteiger partial charge in [0.15, 0.2) is 0 Å². The second-order valence-electron chi connectivity index (χ2n) is 4.22. The first-order chi connectivity index (χ1) is 7.93. The Morgan fingerprint density at radius 1 is 0.875 bits per heavy atom. The molecule has 2 nitrogen and oxygen atoms in total.